The summed E-state index contributed by atoms with van der Waals surface area (Å²) in [6.45, 7) is 10.1. The van der Waals surface area contributed by atoms with Crippen molar-refractivity contribution in [1.29, 1.82) is 0 Å². The van der Waals surface area contributed by atoms with Crippen molar-refractivity contribution < 1.29 is 4.79 Å². The molecule has 76 valence electrons. The molecule has 0 saturated carbocycles. The molecule has 0 fully saturated rings. The first-order valence-electron chi connectivity index (χ1n) is 4.51. The maximum atomic E-state index is 11.6. The molecular weight excluding hydrogens is 164 g/mol. The highest BCUT2D eigenvalue weighted by Gasteiger charge is 2.20. The minimum atomic E-state index is -0.399. The number of hydrogen-bond acceptors (Lipinski definition) is 2. The molecule has 13 heavy (non-hydrogen) atoms. The summed E-state index contributed by atoms with van der Waals surface area (Å²) in [5.41, 5.74) is 6.68. The first-order chi connectivity index (χ1) is 5.86. The Hall–Kier alpha value is -0.830. The van der Waals surface area contributed by atoms with E-state index in [1.807, 2.05) is 20.8 Å². The summed E-state index contributed by atoms with van der Waals surface area (Å²) in [4.78, 5) is 13.2. The van der Waals surface area contributed by atoms with Crippen molar-refractivity contribution in [1.82, 2.24) is 4.90 Å². The first-order valence-corrected chi connectivity index (χ1v) is 4.51. The monoisotopic (exact) mass is 184 g/mol. The number of likely N-dealkylation sites (N-methyl/N-ethyl adjacent to an activating group) is 1. The van der Waals surface area contributed by atoms with E-state index in [2.05, 4.69) is 6.58 Å². The van der Waals surface area contributed by atoms with Crippen LogP contribution in [0, 0.1) is 5.92 Å². The van der Waals surface area contributed by atoms with Gasteiger partial charge in [0.1, 0.15) is 0 Å². The molecule has 0 aliphatic heterocycles. The second-order valence-corrected chi connectivity index (χ2v) is 3.92. The molecule has 0 saturated heterocycles. The zero-order valence-electron chi connectivity index (χ0n) is 9.00. The predicted molar refractivity (Wildman–Crippen MR) is 55.3 cm³/mol. The molecule has 0 rings (SSSR count). The van der Waals surface area contributed by atoms with Crippen molar-refractivity contribution in [3.05, 3.63) is 12.2 Å². The second kappa shape index (κ2) is 5.02. The molecule has 0 aliphatic carbocycles. The third-order valence-electron chi connectivity index (χ3n) is 1.89. The number of hydrogen-bond donors (Lipinski definition) is 1. The van der Waals surface area contributed by atoms with E-state index in [1.54, 1.807) is 11.9 Å². The van der Waals surface area contributed by atoms with Crippen LogP contribution >= 0.6 is 0 Å². The van der Waals surface area contributed by atoms with E-state index in [0.29, 0.717) is 6.54 Å². The fourth-order valence-corrected chi connectivity index (χ4v) is 1.02. The average molecular weight is 184 g/mol. The van der Waals surface area contributed by atoms with Crippen molar-refractivity contribution in [2.24, 2.45) is 11.7 Å². The fraction of sp³-hybridized carbons (Fsp3) is 0.700. The molecule has 0 heterocycles. The molecule has 0 spiro atoms. The standard InChI is InChI=1S/C10H20N2O/c1-7(2)6-12(5)10(13)9(11)8(3)4/h8-9H,1,6,11H2,2-5H3. The summed E-state index contributed by atoms with van der Waals surface area (Å²) >= 11 is 0. The maximum Gasteiger partial charge on any atom is 0.239 e. The Morgan fingerprint density at radius 1 is 1.54 bits per heavy atom. The van der Waals surface area contributed by atoms with Gasteiger partial charge in [0.05, 0.1) is 6.04 Å². The Labute approximate surface area is 80.6 Å². The van der Waals surface area contributed by atoms with E-state index in [4.69, 9.17) is 5.73 Å². The van der Waals surface area contributed by atoms with Crippen LogP contribution in [-0.4, -0.2) is 30.4 Å². The smallest absolute Gasteiger partial charge is 0.239 e. The first kappa shape index (κ1) is 12.2. The number of nitrogens with zero attached hydrogens (tertiary/aromatic N) is 1. The SMILES string of the molecule is C=C(C)CN(C)C(=O)C(N)C(C)C. The van der Waals surface area contributed by atoms with Gasteiger partial charge in [-0.3, -0.25) is 4.79 Å². The molecule has 0 aromatic rings. The normalized spacial score (nSPS) is 12.8. The van der Waals surface area contributed by atoms with Gasteiger partial charge in [-0.1, -0.05) is 26.0 Å². The van der Waals surface area contributed by atoms with Crippen LogP contribution in [0.5, 0.6) is 0 Å². The summed E-state index contributed by atoms with van der Waals surface area (Å²) in [5, 5.41) is 0. The number of amides is 1. The van der Waals surface area contributed by atoms with Gasteiger partial charge in [-0.05, 0) is 12.8 Å². The van der Waals surface area contributed by atoms with Gasteiger partial charge in [0.2, 0.25) is 5.91 Å². The molecule has 0 bridgehead atoms. The quantitative estimate of drug-likeness (QED) is 0.663. The van der Waals surface area contributed by atoms with Gasteiger partial charge in [-0.25, -0.2) is 0 Å². The molecule has 3 heteroatoms. The van der Waals surface area contributed by atoms with Crippen LogP contribution in [0.4, 0.5) is 0 Å². The number of nitrogens with two attached hydrogens (primary N) is 1. The van der Waals surface area contributed by atoms with Gasteiger partial charge in [0.25, 0.3) is 0 Å². The lowest BCUT2D eigenvalue weighted by molar-refractivity contribution is -0.131. The molecule has 2 N–H and O–H groups in total. The summed E-state index contributed by atoms with van der Waals surface area (Å²) < 4.78 is 0. The van der Waals surface area contributed by atoms with Crippen LogP contribution < -0.4 is 5.73 Å². The highest BCUT2D eigenvalue weighted by Crippen LogP contribution is 2.03. The van der Waals surface area contributed by atoms with E-state index < -0.39 is 6.04 Å². The lowest BCUT2D eigenvalue weighted by atomic mass is 10.0. The Balaban J connectivity index is 4.17. The second-order valence-electron chi connectivity index (χ2n) is 3.92. The highest BCUT2D eigenvalue weighted by atomic mass is 16.2. The minimum absolute atomic E-state index is 0.0157. The predicted octanol–water partition coefficient (Wildman–Crippen LogP) is 1.00. The van der Waals surface area contributed by atoms with Crippen molar-refractivity contribution in [3.63, 3.8) is 0 Å². The van der Waals surface area contributed by atoms with E-state index >= 15 is 0 Å². The topological polar surface area (TPSA) is 46.3 Å². The van der Waals surface area contributed by atoms with Crippen molar-refractivity contribution in [2.75, 3.05) is 13.6 Å². The van der Waals surface area contributed by atoms with Crippen LogP contribution in [0.1, 0.15) is 20.8 Å². The van der Waals surface area contributed by atoms with Crippen LogP contribution in [0.3, 0.4) is 0 Å². The molecule has 3 nitrogen and oxygen atoms in total. The van der Waals surface area contributed by atoms with E-state index in [1.165, 1.54) is 0 Å². The molecule has 1 unspecified atom stereocenters. The van der Waals surface area contributed by atoms with E-state index in [9.17, 15) is 4.79 Å². The zero-order valence-corrected chi connectivity index (χ0v) is 9.00. The number of carbonyl (C=O) groups excluding carboxylic acids is 1. The minimum Gasteiger partial charge on any atom is -0.340 e. The lowest BCUT2D eigenvalue weighted by Gasteiger charge is -2.23. The lowest BCUT2D eigenvalue weighted by Crippen LogP contribution is -2.45. The van der Waals surface area contributed by atoms with E-state index in [-0.39, 0.29) is 11.8 Å². The van der Waals surface area contributed by atoms with Gasteiger partial charge in [0.15, 0.2) is 0 Å². The highest BCUT2D eigenvalue weighted by molar-refractivity contribution is 5.81. The third-order valence-corrected chi connectivity index (χ3v) is 1.89. The van der Waals surface area contributed by atoms with E-state index in [0.717, 1.165) is 5.57 Å². The van der Waals surface area contributed by atoms with Crippen LogP contribution in [0.15, 0.2) is 12.2 Å². The zero-order chi connectivity index (χ0) is 10.6. The van der Waals surface area contributed by atoms with Crippen molar-refractivity contribution >= 4 is 5.91 Å². The van der Waals surface area contributed by atoms with Crippen LogP contribution in [0.2, 0.25) is 0 Å². The molecule has 0 aromatic carbocycles. The summed E-state index contributed by atoms with van der Waals surface area (Å²) in [5.74, 6) is 0.165. The summed E-state index contributed by atoms with van der Waals surface area (Å²) in [6.07, 6.45) is 0. The van der Waals surface area contributed by atoms with Gasteiger partial charge >= 0.3 is 0 Å². The van der Waals surface area contributed by atoms with Gasteiger partial charge in [0, 0.05) is 13.6 Å². The third kappa shape index (κ3) is 4.08. The Morgan fingerprint density at radius 2 is 2.00 bits per heavy atom. The average Bonchev–Trinajstić information content (AvgIpc) is 2.00. The van der Waals surface area contributed by atoms with Crippen LogP contribution in [0.25, 0.3) is 0 Å². The van der Waals surface area contributed by atoms with Gasteiger partial charge < -0.3 is 10.6 Å². The number of rotatable bonds is 4. The Morgan fingerprint density at radius 3 is 2.31 bits per heavy atom. The fourth-order valence-electron chi connectivity index (χ4n) is 1.02. The van der Waals surface area contributed by atoms with Crippen molar-refractivity contribution in [2.45, 2.75) is 26.8 Å². The number of carbonyl (C=O) groups is 1. The summed E-state index contributed by atoms with van der Waals surface area (Å²) in [6, 6.07) is -0.399. The maximum absolute atomic E-state index is 11.6. The van der Waals surface area contributed by atoms with Crippen LogP contribution in [-0.2, 0) is 4.79 Å². The molecular formula is C10H20N2O. The molecule has 1 atom stereocenters. The Kier molecular flexibility index (Phi) is 4.70. The largest absolute Gasteiger partial charge is 0.340 e. The molecule has 0 aliphatic rings. The van der Waals surface area contributed by atoms with Gasteiger partial charge in [-0.15, -0.1) is 0 Å². The molecule has 1 amide bonds. The van der Waals surface area contributed by atoms with Crippen molar-refractivity contribution in [3.8, 4) is 0 Å². The summed E-state index contributed by atoms with van der Waals surface area (Å²) in [7, 11) is 1.75. The Bertz CT molecular complexity index is 199. The molecule has 0 aromatic heterocycles. The molecule has 0 radical (unpaired) electrons. The van der Waals surface area contributed by atoms with Gasteiger partial charge in [-0.2, -0.15) is 0 Å².